The number of carbonyl (C=O) groups is 1. The van der Waals surface area contributed by atoms with Crippen LogP contribution >= 0.6 is 0 Å². The van der Waals surface area contributed by atoms with Crippen molar-refractivity contribution in [3.8, 4) is 11.4 Å². The van der Waals surface area contributed by atoms with Crippen molar-refractivity contribution >= 4 is 17.7 Å². The Labute approximate surface area is 216 Å². The van der Waals surface area contributed by atoms with Crippen molar-refractivity contribution in [1.29, 1.82) is 0 Å². The smallest absolute Gasteiger partial charge is 0.290 e. The number of aryl methyl sites for hydroxylation is 3. The van der Waals surface area contributed by atoms with Gasteiger partial charge in [0.25, 0.3) is 5.91 Å². The first-order valence-corrected chi connectivity index (χ1v) is 11.1. The number of ether oxygens (including phenoxy) is 1. The van der Waals surface area contributed by atoms with Crippen LogP contribution < -0.4 is 5.32 Å². The van der Waals surface area contributed by atoms with Crippen LogP contribution in [0.4, 0.5) is 16.2 Å². The topological polar surface area (TPSA) is 103 Å². The van der Waals surface area contributed by atoms with E-state index in [2.05, 4.69) is 25.4 Å². The Balaban J connectivity index is 1.53. The molecular formula is C25H27FN8O2. The Bertz CT molecular complexity index is 1630. The van der Waals surface area contributed by atoms with Crippen molar-refractivity contribution in [3.05, 3.63) is 71.2 Å². The molecule has 5 rings (SSSR count). The highest BCUT2D eigenvalue weighted by Crippen LogP contribution is 2.27. The highest BCUT2D eigenvalue weighted by atomic mass is 19.1. The Morgan fingerprint density at radius 3 is 2.92 bits per heavy atom. The predicted molar refractivity (Wildman–Crippen MR) is 131 cm³/mol. The van der Waals surface area contributed by atoms with Crippen LogP contribution in [0.25, 0.3) is 11.4 Å². The SMILES string of the molecule is [2H]C([2H])([2H])OC[C@@H]1Cn2cc(-c3nc(Nc4ccnn4C)ncc3C([2H])([2H])[2H])nc2C(=O)N1Cc1ccc(C)c(F)c1. The summed E-state index contributed by atoms with van der Waals surface area (Å²) in [6.07, 6.45) is 4.24. The molecule has 0 spiro atoms. The van der Waals surface area contributed by atoms with E-state index in [1.54, 1.807) is 43.0 Å². The highest BCUT2D eigenvalue weighted by molar-refractivity contribution is 5.92. The van der Waals surface area contributed by atoms with Gasteiger partial charge in [-0.2, -0.15) is 5.10 Å². The summed E-state index contributed by atoms with van der Waals surface area (Å²) in [7, 11) is -0.990. The van der Waals surface area contributed by atoms with Crippen LogP contribution in [0.2, 0.25) is 0 Å². The van der Waals surface area contributed by atoms with Gasteiger partial charge in [0.05, 0.1) is 28.7 Å². The van der Waals surface area contributed by atoms with Gasteiger partial charge in [0, 0.05) is 49.7 Å². The molecule has 11 heteroatoms. The summed E-state index contributed by atoms with van der Waals surface area (Å²) in [5, 5.41) is 7.05. The standard InChI is InChI=1S/C25H27FN8O2/c1-15-5-6-17(9-19(15)26)11-34-18(14-36-4)12-33-13-20(29-23(33)24(34)35)22-16(2)10-27-25(31-22)30-21-7-8-28-32(21)3/h5-10,13,18H,11-12,14H2,1-4H3,(H,27,30,31)/t18-/m0/s1/i2D3,4D3. The number of nitrogens with one attached hydrogen (secondary N) is 1. The second kappa shape index (κ2) is 9.50. The van der Waals surface area contributed by atoms with Gasteiger partial charge >= 0.3 is 0 Å². The number of nitrogens with zero attached hydrogens (tertiary/aromatic N) is 7. The zero-order valence-electron chi connectivity index (χ0n) is 25.6. The van der Waals surface area contributed by atoms with E-state index in [1.165, 1.54) is 27.9 Å². The van der Waals surface area contributed by atoms with Crippen molar-refractivity contribution in [2.75, 3.05) is 19.0 Å². The number of imidazole rings is 1. The first-order chi connectivity index (χ1) is 19.7. The number of carbonyl (C=O) groups excluding carboxylic acids is 1. The minimum atomic E-state index is -2.70. The van der Waals surface area contributed by atoms with E-state index in [1.807, 2.05) is 0 Å². The Kier molecular flexibility index (Phi) is 4.57. The number of methoxy groups -OCH3 is 1. The van der Waals surface area contributed by atoms with Crippen LogP contribution in [0.5, 0.6) is 0 Å². The summed E-state index contributed by atoms with van der Waals surface area (Å²) in [6.45, 7) is -1.23. The van der Waals surface area contributed by atoms with E-state index in [0.29, 0.717) is 16.9 Å². The number of aromatic nitrogens is 6. The molecule has 3 aromatic heterocycles. The second-order valence-electron chi connectivity index (χ2n) is 8.50. The van der Waals surface area contributed by atoms with Gasteiger partial charge in [-0.3, -0.25) is 9.48 Å². The number of rotatable bonds is 7. The van der Waals surface area contributed by atoms with Gasteiger partial charge in [0.2, 0.25) is 5.95 Å². The van der Waals surface area contributed by atoms with Crippen LogP contribution in [0.3, 0.4) is 0 Å². The third kappa shape index (κ3) is 4.44. The lowest BCUT2D eigenvalue weighted by atomic mass is 10.1. The molecule has 0 saturated heterocycles. The van der Waals surface area contributed by atoms with E-state index >= 15 is 0 Å². The fourth-order valence-corrected chi connectivity index (χ4v) is 4.08. The lowest BCUT2D eigenvalue weighted by Gasteiger charge is -2.35. The highest BCUT2D eigenvalue weighted by Gasteiger charge is 2.35. The molecule has 0 bridgehead atoms. The molecule has 0 unspecified atom stereocenters. The van der Waals surface area contributed by atoms with Gasteiger partial charge in [0.1, 0.15) is 17.3 Å². The third-order valence-electron chi connectivity index (χ3n) is 6.03. The molecule has 1 aliphatic rings. The number of benzene rings is 1. The first-order valence-electron chi connectivity index (χ1n) is 14.1. The summed E-state index contributed by atoms with van der Waals surface area (Å²) in [5.41, 5.74) is 0.871. The number of hydrogen-bond acceptors (Lipinski definition) is 7. The summed E-state index contributed by atoms with van der Waals surface area (Å²) in [6, 6.07) is 5.53. The molecule has 4 aromatic rings. The first kappa shape index (κ1) is 17.3. The molecule has 1 N–H and O–H groups in total. The monoisotopic (exact) mass is 496 g/mol. The lowest BCUT2D eigenvalue weighted by Crippen LogP contribution is -2.49. The van der Waals surface area contributed by atoms with E-state index in [9.17, 15) is 9.18 Å². The van der Waals surface area contributed by atoms with Gasteiger partial charge in [-0.25, -0.2) is 19.3 Å². The van der Waals surface area contributed by atoms with E-state index in [0.717, 1.165) is 0 Å². The van der Waals surface area contributed by atoms with Crippen LogP contribution in [0.1, 0.15) is 35.5 Å². The zero-order chi connectivity index (χ0) is 30.4. The maximum Gasteiger partial charge on any atom is 0.290 e. The molecule has 186 valence electrons. The average molecular weight is 497 g/mol. The van der Waals surface area contributed by atoms with Crippen molar-refractivity contribution in [2.45, 2.75) is 32.9 Å². The fourth-order valence-electron chi connectivity index (χ4n) is 4.08. The molecular weight excluding hydrogens is 463 g/mol. The summed E-state index contributed by atoms with van der Waals surface area (Å²) < 4.78 is 68.8. The number of hydrogen-bond donors (Lipinski definition) is 1. The zero-order valence-corrected chi connectivity index (χ0v) is 19.6. The van der Waals surface area contributed by atoms with Crippen LogP contribution in [-0.4, -0.2) is 59.8 Å². The molecule has 1 aromatic carbocycles. The fraction of sp³-hybridized carbons (Fsp3) is 0.320. The van der Waals surface area contributed by atoms with E-state index in [4.69, 9.17) is 13.0 Å². The summed E-state index contributed by atoms with van der Waals surface area (Å²) >= 11 is 0. The minimum Gasteiger partial charge on any atom is -0.382 e. The number of halogens is 1. The number of anilines is 2. The van der Waals surface area contributed by atoms with E-state index < -0.39 is 31.7 Å². The van der Waals surface area contributed by atoms with Gasteiger partial charge in [0.15, 0.2) is 5.82 Å². The van der Waals surface area contributed by atoms with Crippen molar-refractivity contribution < 1.29 is 22.1 Å². The maximum absolute atomic E-state index is 14.3. The van der Waals surface area contributed by atoms with Gasteiger partial charge in [-0.15, -0.1) is 0 Å². The van der Waals surface area contributed by atoms with Gasteiger partial charge in [-0.05, 0) is 36.5 Å². The lowest BCUT2D eigenvalue weighted by molar-refractivity contribution is 0.0380. The van der Waals surface area contributed by atoms with Crippen molar-refractivity contribution in [2.24, 2.45) is 7.05 Å². The molecule has 10 nitrogen and oxygen atoms in total. The molecule has 1 amide bonds. The largest absolute Gasteiger partial charge is 0.382 e. The molecule has 1 atom stereocenters. The van der Waals surface area contributed by atoms with Gasteiger partial charge < -0.3 is 19.5 Å². The number of amides is 1. The average Bonchev–Trinajstić information content (AvgIpc) is 3.52. The van der Waals surface area contributed by atoms with Crippen LogP contribution in [0.15, 0.2) is 42.9 Å². The molecule has 1 aliphatic heterocycles. The predicted octanol–water partition coefficient (Wildman–Crippen LogP) is 3.24. The van der Waals surface area contributed by atoms with E-state index in [-0.39, 0.29) is 48.4 Å². The van der Waals surface area contributed by atoms with Crippen molar-refractivity contribution in [1.82, 2.24) is 34.2 Å². The van der Waals surface area contributed by atoms with Gasteiger partial charge in [-0.1, -0.05) is 12.1 Å². The molecule has 0 aliphatic carbocycles. The quantitative estimate of drug-likeness (QED) is 0.419. The summed E-state index contributed by atoms with van der Waals surface area (Å²) in [5.74, 6) is -0.370. The maximum atomic E-state index is 14.3. The molecule has 0 saturated carbocycles. The molecule has 4 heterocycles. The Morgan fingerprint density at radius 1 is 1.28 bits per heavy atom. The summed E-state index contributed by atoms with van der Waals surface area (Å²) in [4.78, 5) is 28.1. The second-order valence-corrected chi connectivity index (χ2v) is 8.50. The number of fused-ring (bicyclic) bond motifs is 1. The van der Waals surface area contributed by atoms with Crippen LogP contribution in [0, 0.1) is 19.6 Å². The molecule has 0 radical (unpaired) electrons. The van der Waals surface area contributed by atoms with Crippen molar-refractivity contribution in [3.63, 3.8) is 0 Å². The third-order valence-corrected chi connectivity index (χ3v) is 6.03. The normalized spacial score (nSPS) is 18.5. The van der Waals surface area contributed by atoms with Crippen LogP contribution in [-0.2, 0) is 24.9 Å². The molecule has 0 fully saturated rings. The Hall–Kier alpha value is -4.12. The minimum absolute atomic E-state index is 0.00758. The molecule has 36 heavy (non-hydrogen) atoms. The Morgan fingerprint density at radius 2 is 2.17 bits per heavy atom.